The Kier molecular flexibility index (Phi) is 3.06. The van der Waals surface area contributed by atoms with E-state index in [4.69, 9.17) is 0 Å². The zero-order valence-electron chi connectivity index (χ0n) is 12.1. The molecule has 4 rings (SSSR count). The van der Waals surface area contributed by atoms with Crippen molar-refractivity contribution in [1.29, 1.82) is 0 Å². The van der Waals surface area contributed by atoms with Gasteiger partial charge in [0, 0.05) is 32.2 Å². The average Bonchev–Trinajstić information content (AvgIpc) is 3.14. The monoisotopic (exact) mass is 290 g/mol. The van der Waals surface area contributed by atoms with Crippen LogP contribution in [0, 0.1) is 23.7 Å². The van der Waals surface area contributed by atoms with Crippen LogP contribution in [0.15, 0.2) is 12.2 Å². The van der Waals surface area contributed by atoms with E-state index in [1.807, 2.05) is 11.0 Å². The minimum atomic E-state index is -0.804. The SMILES string of the molecule is O=C(O)C1C2C=CC(C2)C1C(=O)N1CCN(C2CC2)CC1. The molecule has 3 aliphatic carbocycles. The highest BCUT2D eigenvalue weighted by Crippen LogP contribution is 2.48. The van der Waals surface area contributed by atoms with E-state index in [0.717, 1.165) is 38.6 Å². The van der Waals surface area contributed by atoms with Gasteiger partial charge in [0.05, 0.1) is 11.8 Å². The van der Waals surface area contributed by atoms with Gasteiger partial charge in [0.15, 0.2) is 0 Å². The predicted molar refractivity (Wildman–Crippen MR) is 76.5 cm³/mol. The number of carbonyl (C=O) groups excluding carboxylic acids is 1. The van der Waals surface area contributed by atoms with Crippen molar-refractivity contribution in [3.05, 3.63) is 12.2 Å². The normalized spacial score (nSPS) is 39.0. The second kappa shape index (κ2) is 4.83. The van der Waals surface area contributed by atoms with E-state index in [1.165, 1.54) is 12.8 Å². The molecule has 5 nitrogen and oxygen atoms in total. The summed E-state index contributed by atoms with van der Waals surface area (Å²) in [7, 11) is 0. The maximum absolute atomic E-state index is 12.8. The van der Waals surface area contributed by atoms with Crippen molar-refractivity contribution in [3.8, 4) is 0 Å². The molecule has 5 heteroatoms. The first-order valence-corrected chi connectivity index (χ1v) is 8.09. The molecule has 1 aliphatic heterocycles. The molecule has 21 heavy (non-hydrogen) atoms. The first-order chi connectivity index (χ1) is 10.1. The predicted octanol–water partition coefficient (Wildman–Crippen LogP) is 0.816. The van der Waals surface area contributed by atoms with Gasteiger partial charge in [0.25, 0.3) is 0 Å². The van der Waals surface area contributed by atoms with Crippen LogP contribution in [0.25, 0.3) is 0 Å². The zero-order chi connectivity index (χ0) is 14.6. The summed E-state index contributed by atoms with van der Waals surface area (Å²) < 4.78 is 0. The lowest BCUT2D eigenvalue weighted by atomic mass is 9.82. The highest BCUT2D eigenvalue weighted by atomic mass is 16.4. The molecular formula is C16H22N2O3. The van der Waals surface area contributed by atoms with Gasteiger partial charge >= 0.3 is 5.97 Å². The molecule has 1 N–H and O–H groups in total. The van der Waals surface area contributed by atoms with E-state index in [-0.39, 0.29) is 23.7 Å². The zero-order valence-corrected chi connectivity index (χ0v) is 12.1. The second-order valence-electron chi connectivity index (χ2n) is 6.93. The Morgan fingerprint density at radius 2 is 1.57 bits per heavy atom. The largest absolute Gasteiger partial charge is 0.481 e. The van der Waals surface area contributed by atoms with Gasteiger partial charge in [0.1, 0.15) is 0 Å². The van der Waals surface area contributed by atoms with Gasteiger partial charge in [-0.05, 0) is 31.1 Å². The molecule has 0 radical (unpaired) electrons. The number of piperazine rings is 1. The van der Waals surface area contributed by atoms with Crippen molar-refractivity contribution >= 4 is 11.9 Å². The summed E-state index contributed by atoms with van der Waals surface area (Å²) in [5.41, 5.74) is 0. The van der Waals surface area contributed by atoms with E-state index < -0.39 is 11.9 Å². The third-order valence-corrected chi connectivity index (χ3v) is 5.72. The van der Waals surface area contributed by atoms with Crippen molar-refractivity contribution in [2.24, 2.45) is 23.7 Å². The number of hydrogen-bond acceptors (Lipinski definition) is 3. The maximum atomic E-state index is 12.8. The standard InChI is InChI=1S/C16H22N2O3/c19-15(18-7-5-17(6-8-18)12-3-4-12)13-10-1-2-11(9-10)14(13)16(20)21/h1-2,10-14H,3-9H2,(H,20,21). The van der Waals surface area contributed by atoms with Crippen LogP contribution < -0.4 is 0 Å². The maximum Gasteiger partial charge on any atom is 0.307 e. The Balaban J connectivity index is 1.44. The number of fused-ring (bicyclic) bond motifs is 2. The van der Waals surface area contributed by atoms with Crippen LogP contribution in [-0.2, 0) is 9.59 Å². The summed E-state index contributed by atoms with van der Waals surface area (Å²) in [6, 6.07) is 0.749. The van der Waals surface area contributed by atoms with Gasteiger partial charge in [0.2, 0.25) is 5.91 Å². The Labute approximate surface area is 124 Å². The number of aliphatic carboxylic acids is 1. The first-order valence-electron chi connectivity index (χ1n) is 8.09. The van der Waals surface area contributed by atoms with Gasteiger partial charge in [-0.15, -0.1) is 0 Å². The molecule has 1 heterocycles. The van der Waals surface area contributed by atoms with Crippen LogP contribution in [0.1, 0.15) is 19.3 Å². The molecule has 4 atom stereocenters. The van der Waals surface area contributed by atoms with Crippen molar-refractivity contribution in [3.63, 3.8) is 0 Å². The summed E-state index contributed by atoms with van der Waals surface area (Å²) in [4.78, 5) is 28.7. The Bertz CT molecular complexity index is 492. The minimum absolute atomic E-state index is 0.0641. The fourth-order valence-electron chi connectivity index (χ4n) is 4.45. The molecule has 2 saturated carbocycles. The molecule has 0 spiro atoms. The lowest BCUT2D eigenvalue weighted by Gasteiger charge is -2.37. The van der Waals surface area contributed by atoms with Crippen LogP contribution in [-0.4, -0.2) is 59.0 Å². The third kappa shape index (κ3) is 2.18. The highest BCUT2D eigenvalue weighted by molar-refractivity contribution is 5.87. The quantitative estimate of drug-likeness (QED) is 0.782. The molecule has 1 amide bonds. The molecule has 4 unspecified atom stereocenters. The summed E-state index contributed by atoms with van der Waals surface area (Å²) >= 11 is 0. The molecule has 0 aromatic carbocycles. The van der Waals surface area contributed by atoms with E-state index in [0.29, 0.717) is 0 Å². The summed E-state index contributed by atoms with van der Waals surface area (Å²) in [6.07, 6.45) is 7.50. The molecule has 0 aromatic rings. The van der Waals surface area contributed by atoms with Crippen LogP contribution in [0.3, 0.4) is 0 Å². The van der Waals surface area contributed by atoms with Crippen molar-refractivity contribution in [2.45, 2.75) is 25.3 Å². The number of hydrogen-bond donors (Lipinski definition) is 1. The van der Waals surface area contributed by atoms with Crippen molar-refractivity contribution in [1.82, 2.24) is 9.80 Å². The number of nitrogens with zero attached hydrogens (tertiary/aromatic N) is 2. The summed E-state index contributed by atoms with van der Waals surface area (Å²) in [5.74, 6) is -1.35. The smallest absolute Gasteiger partial charge is 0.307 e. The Hall–Kier alpha value is -1.36. The topological polar surface area (TPSA) is 60.9 Å². The molecule has 3 fully saturated rings. The van der Waals surface area contributed by atoms with Crippen LogP contribution >= 0.6 is 0 Å². The minimum Gasteiger partial charge on any atom is -0.481 e. The molecule has 2 bridgehead atoms. The van der Waals surface area contributed by atoms with Gasteiger partial charge < -0.3 is 10.0 Å². The van der Waals surface area contributed by atoms with Crippen molar-refractivity contribution in [2.75, 3.05) is 26.2 Å². The van der Waals surface area contributed by atoms with Crippen LogP contribution in [0.4, 0.5) is 0 Å². The highest BCUT2D eigenvalue weighted by Gasteiger charge is 2.52. The average molecular weight is 290 g/mol. The fourth-order valence-corrected chi connectivity index (χ4v) is 4.45. The number of carbonyl (C=O) groups is 2. The van der Waals surface area contributed by atoms with Gasteiger partial charge in [-0.3, -0.25) is 14.5 Å². The molecule has 0 aromatic heterocycles. The van der Waals surface area contributed by atoms with E-state index in [9.17, 15) is 14.7 Å². The molecular weight excluding hydrogens is 268 g/mol. The first kappa shape index (κ1) is 13.3. The van der Waals surface area contributed by atoms with Gasteiger partial charge in [-0.1, -0.05) is 12.2 Å². The number of carboxylic acid groups (broad SMARTS) is 1. The molecule has 4 aliphatic rings. The summed E-state index contributed by atoms with van der Waals surface area (Å²) in [6.45, 7) is 3.42. The Morgan fingerprint density at radius 1 is 0.952 bits per heavy atom. The number of allylic oxidation sites excluding steroid dienone is 2. The number of amides is 1. The van der Waals surface area contributed by atoms with E-state index in [2.05, 4.69) is 11.0 Å². The molecule has 1 saturated heterocycles. The van der Waals surface area contributed by atoms with Crippen LogP contribution in [0.2, 0.25) is 0 Å². The Morgan fingerprint density at radius 3 is 2.14 bits per heavy atom. The lowest BCUT2D eigenvalue weighted by molar-refractivity contribution is -0.151. The third-order valence-electron chi connectivity index (χ3n) is 5.72. The fraction of sp³-hybridized carbons (Fsp3) is 0.750. The summed E-state index contributed by atoms with van der Waals surface area (Å²) in [5, 5.41) is 9.46. The number of carboxylic acids is 1. The van der Waals surface area contributed by atoms with E-state index >= 15 is 0 Å². The number of rotatable bonds is 3. The van der Waals surface area contributed by atoms with Crippen LogP contribution in [0.5, 0.6) is 0 Å². The lowest BCUT2D eigenvalue weighted by Crippen LogP contribution is -2.52. The van der Waals surface area contributed by atoms with Gasteiger partial charge in [-0.25, -0.2) is 0 Å². The van der Waals surface area contributed by atoms with Gasteiger partial charge in [-0.2, -0.15) is 0 Å². The van der Waals surface area contributed by atoms with Crippen molar-refractivity contribution < 1.29 is 14.7 Å². The van der Waals surface area contributed by atoms with E-state index in [1.54, 1.807) is 0 Å². The molecule has 114 valence electrons. The second-order valence-corrected chi connectivity index (χ2v) is 6.93.